The normalized spacial score (nSPS) is 19.1. The average molecular weight is 599 g/mol. The van der Waals surface area contributed by atoms with Crippen LogP contribution in [0.2, 0.25) is 15.1 Å². The Morgan fingerprint density at radius 2 is 1.82 bits per heavy atom. The molecule has 1 aliphatic rings. The first-order valence-corrected chi connectivity index (χ1v) is 14.1. The number of rotatable bonds is 11. The van der Waals surface area contributed by atoms with Crippen molar-refractivity contribution in [3.05, 3.63) is 123 Å². The minimum atomic E-state index is -1.08. The topological polar surface area (TPSA) is 48.8 Å². The minimum Gasteiger partial charge on any atom is -0.491 e. The summed E-state index contributed by atoms with van der Waals surface area (Å²) in [5, 5.41) is 1.77. The predicted octanol–water partition coefficient (Wildman–Crippen LogP) is 7.34. The number of nitrogens with zero attached hydrogens (tertiary/aromatic N) is 3. The van der Waals surface area contributed by atoms with Crippen LogP contribution in [-0.2, 0) is 28.4 Å². The first-order valence-electron chi connectivity index (χ1n) is 12.9. The predicted molar refractivity (Wildman–Crippen MR) is 160 cm³/mol. The Morgan fingerprint density at radius 3 is 2.55 bits per heavy atom. The van der Waals surface area contributed by atoms with Crippen LogP contribution in [0, 0.1) is 0 Å². The number of benzene rings is 3. The van der Waals surface area contributed by atoms with E-state index in [0.29, 0.717) is 35.4 Å². The van der Waals surface area contributed by atoms with E-state index in [1.807, 2.05) is 53.2 Å². The standard InChI is InChI=1S/C31H30Cl3N3O3/c1-36(15-2-3-23-4-8-25(32)9-5-23)18-24-6-11-27(12-7-24)38-19-28-20-39-31(40-28,21-37-16-14-35-22-37)29-13-10-26(33)17-30(29)34/h2-14,16-17,22,28H,15,18-21H2,1H3/b3-2+/t28-,31-/m0/s1. The summed E-state index contributed by atoms with van der Waals surface area (Å²) in [6, 6.07) is 21.3. The molecule has 2 atom stereocenters. The fourth-order valence-electron chi connectivity index (χ4n) is 4.57. The van der Waals surface area contributed by atoms with Gasteiger partial charge < -0.3 is 18.8 Å². The van der Waals surface area contributed by atoms with Crippen molar-refractivity contribution in [1.82, 2.24) is 14.5 Å². The van der Waals surface area contributed by atoms with Gasteiger partial charge in [0, 0.05) is 41.1 Å². The van der Waals surface area contributed by atoms with Gasteiger partial charge in [0.05, 0.1) is 24.5 Å². The lowest BCUT2D eigenvalue weighted by Gasteiger charge is -2.30. The lowest BCUT2D eigenvalue weighted by Crippen LogP contribution is -2.34. The fraction of sp³-hybridized carbons (Fsp3) is 0.258. The quantitative estimate of drug-likeness (QED) is 0.181. The summed E-state index contributed by atoms with van der Waals surface area (Å²) >= 11 is 18.6. The molecule has 2 heterocycles. The molecule has 0 unspecified atom stereocenters. The molecule has 6 nitrogen and oxygen atoms in total. The molecular weight excluding hydrogens is 569 g/mol. The summed E-state index contributed by atoms with van der Waals surface area (Å²) in [7, 11) is 2.09. The summed E-state index contributed by atoms with van der Waals surface area (Å²) in [6.45, 7) is 2.75. The minimum absolute atomic E-state index is 0.284. The zero-order valence-corrected chi connectivity index (χ0v) is 24.3. The van der Waals surface area contributed by atoms with Crippen molar-refractivity contribution in [3.8, 4) is 5.75 Å². The van der Waals surface area contributed by atoms with Gasteiger partial charge in [-0.3, -0.25) is 4.90 Å². The number of ether oxygens (including phenoxy) is 3. The zero-order chi connectivity index (χ0) is 28.0. The molecule has 1 aromatic heterocycles. The second kappa shape index (κ2) is 13.2. The van der Waals surface area contributed by atoms with E-state index >= 15 is 0 Å². The smallest absolute Gasteiger partial charge is 0.215 e. The first kappa shape index (κ1) is 28.7. The van der Waals surface area contributed by atoms with Crippen molar-refractivity contribution >= 4 is 40.9 Å². The maximum absolute atomic E-state index is 6.56. The highest BCUT2D eigenvalue weighted by atomic mass is 35.5. The SMILES string of the molecule is CN(C/C=C/c1ccc(Cl)cc1)Cc1ccc(OC[C@H]2CO[C@](Cn3ccnc3)(c3ccc(Cl)cc3Cl)O2)cc1. The van der Waals surface area contributed by atoms with Gasteiger partial charge in [-0.25, -0.2) is 4.98 Å². The number of hydrogen-bond acceptors (Lipinski definition) is 5. The number of hydrogen-bond donors (Lipinski definition) is 0. The molecule has 0 aliphatic carbocycles. The molecule has 1 fully saturated rings. The second-order valence-electron chi connectivity index (χ2n) is 9.77. The average Bonchev–Trinajstić information content (AvgIpc) is 3.60. The van der Waals surface area contributed by atoms with Crippen LogP contribution in [0.25, 0.3) is 6.08 Å². The Labute approximate surface area is 249 Å². The van der Waals surface area contributed by atoms with Crippen LogP contribution in [-0.4, -0.2) is 47.4 Å². The molecule has 0 bridgehead atoms. The molecule has 9 heteroatoms. The maximum Gasteiger partial charge on any atom is 0.215 e. The van der Waals surface area contributed by atoms with Gasteiger partial charge in [0.1, 0.15) is 18.5 Å². The highest BCUT2D eigenvalue weighted by molar-refractivity contribution is 6.35. The van der Waals surface area contributed by atoms with Crippen LogP contribution in [0.1, 0.15) is 16.7 Å². The van der Waals surface area contributed by atoms with E-state index in [0.717, 1.165) is 29.4 Å². The van der Waals surface area contributed by atoms with Crippen molar-refractivity contribution < 1.29 is 14.2 Å². The van der Waals surface area contributed by atoms with E-state index in [9.17, 15) is 0 Å². The Bertz CT molecular complexity index is 1410. The van der Waals surface area contributed by atoms with Crippen LogP contribution in [0.3, 0.4) is 0 Å². The van der Waals surface area contributed by atoms with Crippen LogP contribution in [0.4, 0.5) is 0 Å². The van der Waals surface area contributed by atoms with Gasteiger partial charge >= 0.3 is 0 Å². The molecule has 3 aromatic carbocycles. The number of aromatic nitrogens is 2. The number of likely N-dealkylation sites (N-methyl/N-ethyl adjacent to an activating group) is 1. The Balaban J connectivity index is 1.15. The van der Waals surface area contributed by atoms with Gasteiger partial charge in [0.25, 0.3) is 0 Å². The van der Waals surface area contributed by atoms with E-state index in [1.165, 1.54) is 5.56 Å². The van der Waals surface area contributed by atoms with E-state index in [2.05, 4.69) is 41.2 Å². The summed E-state index contributed by atoms with van der Waals surface area (Å²) in [6.07, 6.45) is 9.26. The van der Waals surface area contributed by atoms with Crippen molar-refractivity contribution in [2.45, 2.75) is 25.0 Å². The molecule has 0 amide bonds. The van der Waals surface area contributed by atoms with E-state index in [4.69, 9.17) is 49.0 Å². The molecule has 1 aliphatic heterocycles. The van der Waals surface area contributed by atoms with Gasteiger partial charge in [-0.05, 0) is 54.6 Å². The highest BCUT2D eigenvalue weighted by Crippen LogP contribution is 2.40. The van der Waals surface area contributed by atoms with E-state index in [1.54, 1.807) is 24.7 Å². The summed E-state index contributed by atoms with van der Waals surface area (Å²) in [5.74, 6) is -0.304. The molecular formula is C31H30Cl3N3O3. The van der Waals surface area contributed by atoms with Gasteiger partial charge in [-0.1, -0.05) is 77.3 Å². The van der Waals surface area contributed by atoms with Crippen molar-refractivity contribution in [2.75, 3.05) is 26.8 Å². The van der Waals surface area contributed by atoms with Gasteiger partial charge in [0.2, 0.25) is 5.79 Å². The van der Waals surface area contributed by atoms with Crippen LogP contribution < -0.4 is 4.74 Å². The Morgan fingerprint density at radius 1 is 1.05 bits per heavy atom. The summed E-state index contributed by atoms with van der Waals surface area (Å²) in [5.41, 5.74) is 3.05. The maximum atomic E-state index is 6.56. The highest BCUT2D eigenvalue weighted by Gasteiger charge is 2.45. The van der Waals surface area contributed by atoms with Gasteiger partial charge in [-0.15, -0.1) is 0 Å². The van der Waals surface area contributed by atoms with Crippen molar-refractivity contribution in [2.24, 2.45) is 0 Å². The third kappa shape index (κ3) is 7.46. The fourth-order valence-corrected chi connectivity index (χ4v) is 5.25. The molecule has 0 radical (unpaired) electrons. The van der Waals surface area contributed by atoms with Gasteiger partial charge in [-0.2, -0.15) is 0 Å². The lowest BCUT2D eigenvalue weighted by molar-refractivity contribution is -0.189. The first-order chi connectivity index (χ1) is 19.4. The summed E-state index contributed by atoms with van der Waals surface area (Å²) in [4.78, 5) is 6.38. The van der Waals surface area contributed by atoms with Gasteiger partial charge in [0.15, 0.2) is 0 Å². The Hall–Kier alpha value is -2.84. The Kier molecular flexibility index (Phi) is 9.48. The second-order valence-corrected chi connectivity index (χ2v) is 11.0. The van der Waals surface area contributed by atoms with Crippen LogP contribution in [0.15, 0.2) is 91.5 Å². The molecule has 0 spiro atoms. The molecule has 5 rings (SSSR count). The third-order valence-corrected chi connectivity index (χ3v) is 7.36. The number of imidazole rings is 1. The molecule has 208 valence electrons. The molecule has 4 aromatic rings. The van der Waals surface area contributed by atoms with Crippen molar-refractivity contribution in [3.63, 3.8) is 0 Å². The number of halogens is 3. The molecule has 0 saturated carbocycles. The molecule has 1 saturated heterocycles. The lowest BCUT2D eigenvalue weighted by atomic mass is 10.1. The van der Waals surface area contributed by atoms with E-state index < -0.39 is 5.79 Å². The van der Waals surface area contributed by atoms with Crippen LogP contribution >= 0.6 is 34.8 Å². The van der Waals surface area contributed by atoms with Crippen molar-refractivity contribution in [1.29, 1.82) is 0 Å². The molecule has 40 heavy (non-hydrogen) atoms. The zero-order valence-electron chi connectivity index (χ0n) is 22.1. The summed E-state index contributed by atoms with van der Waals surface area (Å²) < 4.78 is 20.7. The monoisotopic (exact) mass is 597 g/mol. The van der Waals surface area contributed by atoms with Crippen LogP contribution in [0.5, 0.6) is 5.75 Å². The largest absolute Gasteiger partial charge is 0.491 e. The molecule has 0 N–H and O–H groups in total. The third-order valence-electron chi connectivity index (χ3n) is 6.56. The van der Waals surface area contributed by atoms with E-state index in [-0.39, 0.29) is 6.10 Å².